The molecule has 0 aliphatic carbocycles. The van der Waals surface area contributed by atoms with Crippen LogP contribution in [0.4, 0.5) is 26.3 Å². The van der Waals surface area contributed by atoms with Crippen molar-refractivity contribution in [2.24, 2.45) is 11.7 Å². The summed E-state index contributed by atoms with van der Waals surface area (Å²) in [5.41, 5.74) is 1.45. The lowest BCUT2D eigenvalue weighted by Gasteiger charge is -2.28. The molecule has 0 saturated heterocycles. The van der Waals surface area contributed by atoms with Gasteiger partial charge in [-0.05, 0) is 29.9 Å². The molecular formula is C16H19F6NO2. The van der Waals surface area contributed by atoms with E-state index in [0.717, 1.165) is 12.1 Å². The van der Waals surface area contributed by atoms with Crippen molar-refractivity contribution in [2.45, 2.75) is 51.0 Å². The van der Waals surface area contributed by atoms with Crippen LogP contribution in [0.2, 0.25) is 0 Å². The topological polar surface area (TPSA) is 63.3 Å². The molecule has 25 heavy (non-hydrogen) atoms. The number of hydrogen-bond donors (Lipinski definition) is 2. The van der Waals surface area contributed by atoms with Crippen LogP contribution in [0, 0.1) is 5.92 Å². The van der Waals surface area contributed by atoms with Crippen molar-refractivity contribution >= 4 is 5.97 Å². The fraction of sp³-hybridized carbons (Fsp3) is 0.562. The van der Waals surface area contributed by atoms with Crippen LogP contribution in [-0.4, -0.2) is 17.1 Å². The van der Waals surface area contributed by atoms with E-state index in [9.17, 15) is 31.1 Å². The highest BCUT2D eigenvalue weighted by Gasteiger charge is 2.45. The van der Waals surface area contributed by atoms with Gasteiger partial charge in [-0.1, -0.05) is 32.4 Å². The molecule has 0 saturated carbocycles. The van der Waals surface area contributed by atoms with Gasteiger partial charge in [-0.15, -0.1) is 0 Å². The number of aliphatic carboxylic acids is 1. The van der Waals surface area contributed by atoms with Crippen molar-refractivity contribution in [2.75, 3.05) is 0 Å². The van der Waals surface area contributed by atoms with Crippen LogP contribution < -0.4 is 5.73 Å². The van der Waals surface area contributed by atoms with Crippen molar-refractivity contribution in [3.05, 3.63) is 34.9 Å². The maximum absolute atomic E-state index is 13.3. The van der Waals surface area contributed by atoms with E-state index in [1.54, 1.807) is 6.92 Å². The highest BCUT2D eigenvalue weighted by atomic mass is 19.4. The highest BCUT2D eigenvalue weighted by molar-refractivity contribution is 5.73. The minimum Gasteiger partial charge on any atom is -0.480 e. The predicted molar refractivity (Wildman–Crippen MR) is 78.9 cm³/mol. The molecule has 1 aromatic carbocycles. The van der Waals surface area contributed by atoms with Gasteiger partial charge in [-0.3, -0.25) is 4.79 Å². The Morgan fingerprint density at radius 1 is 1.16 bits per heavy atom. The maximum atomic E-state index is 13.3. The molecule has 3 N–H and O–H groups in total. The van der Waals surface area contributed by atoms with Gasteiger partial charge in [0.1, 0.15) is 6.04 Å². The lowest BCUT2D eigenvalue weighted by atomic mass is 9.79. The summed E-state index contributed by atoms with van der Waals surface area (Å²) >= 11 is 0. The molecular weight excluding hydrogens is 352 g/mol. The molecule has 3 nitrogen and oxygen atoms in total. The summed E-state index contributed by atoms with van der Waals surface area (Å²) in [6.45, 7) is 2.98. The summed E-state index contributed by atoms with van der Waals surface area (Å²) < 4.78 is 79.1. The zero-order valence-electron chi connectivity index (χ0n) is 13.6. The summed E-state index contributed by atoms with van der Waals surface area (Å²) in [5.74, 6) is -2.88. The average molecular weight is 371 g/mol. The summed E-state index contributed by atoms with van der Waals surface area (Å²) in [6, 6.07) is 1.02. The van der Waals surface area contributed by atoms with E-state index in [0.29, 0.717) is 6.07 Å². The van der Waals surface area contributed by atoms with Gasteiger partial charge in [-0.2, -0.15) is 26.3 Å². The van der Waals surface area contributed by atoms with Crippen molar-refractivity contribution in [3.8, 4) is 0 Å². The molecule has 1 rings (SSSR count). The first-order valence-corrected chi connectivity index (χ1v) is 7.56. The van der Waals surface area contributed by atoms with Gasteiger partial charge in [0.05, 0.1) is 11.1 Å². The average Bonchev–Trinajstić information content (AvgIpc) is 2.49. The van der Waals surface area contributed by atoms with E-state index in [1.165, 1.54) is 6.92 Å². The van der Waals surface area contributed by atoms with Gasteiger partial charge in [0.2, 0.25) is 0 Å². The van der Waals surface area contributed by atoms with Gasteiger partial charge in [-0.25, -0.2) is 0 Å². The summed E-state index contributed by atoms with van der Waals surface area (Å²) in [7, 11) is 0. The molecule has 0 aliphatic heterocycles. The minimum absolute atomic E-state index is 0.138. The second-order valence-electron chi connectivity index (χ2n) is 5.90. The molecule has 0 aliphatic rings. The minimum atomic E-state index is -5.19. The van der Waals surface area contributed by atoms with Gasteiger partial charge >= 0.3 is 18.3 Å². The fourth-order valence-corrected chi connectivity index (χ4v) is 2.91. The van der Waals surface area contributed by atoms with Crippen LogP contribution in [-0.2, 0) is 17.1 Å². The first kappa shape index (κ1) is 21.3. The second-order valence-corrected chi connectivity index (χ2v) is 5.90. The largest absolute Gasteiger partial charge is 0.480 e. The van der Waals surface area contributed by atoms with Crippen LogP contribution in [0.25, 0.3) is 0 Å². The van der Waals surface area contributed by atoms with Crippen LogP contribution in [0.3, 0.4) is 0 Å². The molecule has 0 aromatic heterocycles. The summed E-state index contributed by atoms with van der Waals surface area (Å²) in [5, 5.41) is 8.86. The van der Waals surface area contributed by atoms with E-state index in [2.05, 4.69) is 0 Å². The Bertz CT molecular complexity index is 612. The highest BCUT2D eigenvalue weighted by Crippen LogP contribution is 2.45. The van der Waals surface area contributed by atoms with Crippen LogP contribution in [0.1, 0.15) is 49.3 Å². The van der Waals surface area contributed by atoms with E-state index in [1.807, 2.05) is 0 Å². The van der Waals surface area contributed by atoms with Gasteiger partial charge in [0.15, 0.2) is 0 Å². The molecule has 9 heteroatoms. The second kappa shape index (κ2) is 7.63. The summed E-state index contributed by atoms with van der Waals surface area (Å²) in [6.07, 6.45) is -10.2. The zero-order chi connectivity index (χ0) is 19.6. The maximum Gasteiger partial charge on any atom is 0.417 e. The van der Waals surface area contributed by atoms with Gasteiger partial charge in [0, 0.05) is 0 Å². The van der Waals surface area contributed by atoms with Crippen molar-refractivity contribution < 1.29 is 36.2 Å². The van der Waals surface area contributed by atoms with Crippen molar-refractivity contribution in [1.29, 1.82) is 0 Å². The SMILES string of the molecule is CCC(CC(N)C(=O)O)C(C)c1cccc(C(F)(F)F)c1C(F)(F)F. The molecule has 0 heterocycles. The number of nitrogens with two attached hydrogens (primary N) is 1. The fourth-order valence-electron chi connectivity index (χ4n) is 2.91. The number of benzene rings is 1. The van der Waals surface area contributed by atoms with Crippen molar-refractivity contribution in [1.82, 2.24) is 0 Å². The standard InChI is InChI=1S/C16H19F6NO2/c1-3-9(7-12(23)14(24)25)8(2)10-5-4-6-11(15(17,18)19)13(10)16(20,21)22/h4-6,8-9,12H,3,7,23H2,1-2H3,(H,24,25). The first-order chi connectivity index (χ1) is 11.3. The lowest BCUT2D eigenvalue weighted by Crippen LogP contribution is -2.33. The molecule has 3 unspecified atom stereocenters. The van der Waals surface area contributed by atoms with E-state index in [4.69, 9.17) is 10.8 Å². The molecule has 1 aromatic rings. The lowest BCUT2D eigenvalue weighted by molar-refractivity contribution is -0.162. The number of hydrogen-bond acceptors (Lipinski definition) is 2. The third-order valence-corrected chi connectivity index (χ3v) is 4.28. The Hall–Kier alpha value is -1.77. The van der Waals surface area contributed by atoms with Gasteiger partial charge < -0.3 is 10.8 Å². The number of carboxylic acids is 1. The Morgan fingerprint density at radius 2 is 1.72 bits per heavy atom. The third-order valence-electron chi connectivity index (χ3n) is 4.28. The smallest absolute Gasteiger partial charge is 0.417 e. The van der Waals surface area contributed by atoms with Crippen molar-refractivity contribution in [3.63, 3.8) is 0 Å². The first-order valence-electron chi connectivity index (χ1n) is 7.56. The van der Waals surface area contributed by atoms with E-state index < -0.39 is 52.9 Å². The number of carboxylic acid groups (broad SMARTS) is 1. The molecule has 142 valence electrons. The number of alkyl halides is 6. The molecule has 0 bridgehead atoms. The molecule has 0 amide bonds. The van der Waals surface area contributed by atoms with Gasteiger partial charge in [0.25, 0.3) is 0 Å². The monoisotopic (exact) mass is 371 g/mol. The summed E-state index contributed by atoms with van der Waals surface area (Å²) in [4.78, 5) is 10.9. The zero-order valence-corrected chi connectivity index (χ0v) is 13.6. The number of carbonyl (C=O) groups is 1. The quantitative estimate of drug-likeness (QED) is 0.715. The molecule has 0 radical (unpaired) electrons. The number of halogens is 6. The Morgan fingerprint density at radius 3 is 2.12 bits per heavy atom. The molecule has 0 fully saturated rings. The predicted octanol–water partition coefficient (Wildman–Crippen LogP) is 4.66. The number of rotatable bonds is 6. The van der Waals surface area contributed by atoms with Crippen LogP contribution >= 0.6 is 0 Å². The van der Waals surface area contributed by atoms with Crippen LogP contribution in [0.15, 0.2) is 18.2 Å². The Kier molecular flexibility index (Phi) is 6.50. The molecule has 0 spiro atoms. The van der Waals surface area contributed by atoms with E-state index >= 15 is 0 Å². The third kappa shape index (κ3) is 5.10. The normalized spacial score (nSPS) is 16.4. The van der Waals surface area contributed by atoms with Crippen LogP contribution in [0.5, 0.6) is 0 Å². The Balaban J connectivity index is 3.42. The molecule has 3 atom stereocenters. The van der Waals surface area contributed by atoms with E-state index in [-0.39, 0.29) is 12.8 Å². The Labute approximate surface area is 140 Å².